The van der Waals surface area contributed by atoms with E-state index in [2.05, 4.69) is 31.8 Å². The first-order valence-electron chi connectivity index (χ1n) is 11.7. The first kappa shape index (κ1) is 21.9. The highest BCUT2D eigenvalue weighted by Crippen LogP contribution is 2.56. The van der Waals surface area contributed by atoms with Gasteiger partial charge in [-0.15, -0.1) is 0 Å². The second kappa shape index (κ2) is 12.1. The minimum Gasteiger partial charge on any atom is -0.162 e. The SMILES string of the molecule is CCSCCCCCCCCCCCC[Si](C)(C)C1CC2CCC1C2. The van der Waals surface area contributed by atoms with Crippen molar-refractivity contribution in [3.05, 3.63) is 0 Å². The Morgan fingerprint density at radius 2 is 1.36 bits per heavy atom. The van der Waals surface area contributed by atoms with Gasteiger partial charge in [-0.1, -0.05) is 96.7 Å². The van der Waals surface area contributed by atoms with E-state index in [4.69, 9.17) is 0 Å². The van der Waals surface area contributed by atoms with Crippen LogP contribution in [0.2, 0.25) is 24.7 Å². The molecule has 0 radical (unpaired) electrons. The van der Waals surface area contributed by atoms with Crippen LogP contribution in [0.4, 0.5) is 0 Å². The van der Waals surface area contributed by atoms with Crippen LogP contribution >= 0.6 is 11.8 Å². The summed E-state index contributed by atoms with van der Waals surface area (Å²) in [6.07, 6.45) is 21.3. The van der Waals surface area contributed by atoms with E-state index in [0.29, 0.717) is 0 Å². The van der Waals surface area contributed by atoms with Crippen LogP contribution in [0.25, 0.3) is 0 Å². The largest absolute Gasteiger partial charge is 0.162 e. The number of unbranched alkanes of at least 4 members (excludes halogenated alkanes) is 9. The molecular formula is C23H46SSi. The average Bonchev–Trinajstić information content (AvgIpc) is 3.22. The Labute approximate surface area is 164 Å². The number of fused-ring (bicyclic) bond motifs is 2. The van der Waals surface area contributed by atoms with Gasteiger partial charge < -0.3 is 0 Å². The van der Waals surface area contributed by atoms with Crippen molar-refractivity contribution in [2.24, 2.45) is 11.8 Å². The molecule has 0 aliphatic heterocycles. The molecule has 0 aromatic heterocycles. The zero-order chi connectivity index (χ0) is 18.0. The first-order chi connectivity index (χ1) is 12.1. The molecule has 0 spiro atoms. The molecule has 2 heteroatoms. The first-order valence-corrected chi connectivity index (χ1v) is 16.1. The van der Waals surface area contributed by atoms with Gasteiger partial charge in [0.2, 0.25) is 0 Å². The van der Waals surface area contributed by atoms with Crippen LogP contribution in [0.5, 0.6) is 0 Å². The summed E-state index contributed by atoms with van der Waals surface area (Å²) in [5.41, 5.74) is 1.20. The third-order valence-corrected chi connectivity index (χ3v) is 12.6. The van der Waals surface area contributed by atoms with Crippen molar-refractivity contribution < 1.29 is 0 Å². The molecule has 0 nitrogen and oxygen atoms in total. The van der Waals surface area contributed by atoms with E-state index >= 15 is 0 Å². The van der Waals surface area contributed by atoms with Crippen molar-refractivity contribution in [3.63, 3.8) is 0 Å². The molecule has 3 atom stereocenters. The van der Waals surface area contributed by atoms with Crippen molar-refractivity contribution in [2.45, 2.75) is 121 Å². The number of hydrogen-bond donors (Lipinski definition) is 0. The van der Waals surface area contributed by atoms with E-state index in [1.807, 2.05) is 0 Å². The summed E-state index contributed by atoms with van der Waals surface area (Å²) in [6, 6.07) is 1.62. The van der Waals surface area contributed by atoms with Crippen molar-refractivity contribution in [2.75, 3.05) is 11.5 Å². The van der Waals surface area contributed by atoms with Crippen LogP contribution in [-0.4, -0.2) is 19.6 Å². The maximum Gasteiger partial charge on any atom is 0.0507 e. The van der Waals surface area contributed by atoms with Crippen LogP contribution in [0.3, 0.4) is 0 Å². The predicted octanol–water partition coefficient (Wildman–Crippen LogP) is 8.54. The maximum absolute atomic E-state index is 2.72. The summed E-state index contributed by atoms with van der Waals surface area (Å²) < 4.78 is 0. The third-order valence-electron chi connectivity index (χ3n) is 7.31. The molecule has 148 valence electrons. The second-order valence-corrected chi connectivity index (χ2v) is 16.4. The van der Waals surface area contributed by atoms with E-state index in [-0.39, 0.29) is 0 Å². The average molecular weight is 383 g/mol. The van der Waals surface area contributed by atoms with Gasteiger partial charge in [-0.2, -0.15) is 11.8 Å². The quantitative estimate of drug-likeness (QED) is 0.202. The Balaban J connectivity index is 1.37. The molecule has 2 aliphatic rings. The molecule has 0 aromatic rings. The van der Waals surface area contributed by atoms with Crippen LogP contribution in [0, 0.1) is 11.8 Å². The van der Waals surface area contributed by atoms with Gasteiger partial charge in [-0.3, -0.25) is 0 Å². The van der Waals surface area contributed by atoms with Crippen LogP contribution in [0.15, 0.2) is 0 Å². The highest BCUT2D eigenvalue weighted by atomic mass is 32.2. The van der Waals surface area contributed by atoms with E-state index in [9.17, 15) is 0 Å². The Hall–Kier alpha value is 0.567. The van der Waals surface area contributed by atoms with Crippen molar-refractivity contribution in [1.82, 2.24) is 0 Å². The number of thioether (sulfide) groups is 1. The topological polar surface area (TPSA) is 0 Å². The lowest BCUT2D eigenvalue weighted by Gasteiger charge is -2.36. The van der Waals surface area contributed by atoms with Gasteiger partial charge in [0.15, 0.2) is 0 Å². The van der Waals surface area contributed by atoms with Crippen LogP contribution < -0.4 is 0 Å². The van der Waals surface area contributed by atoms with E-state index < -0.39 is 8.07 Å². The zero-order valence-corrected chi connectivity index (χ0v) is 19.5. The molecule has 25 heavy (non-hydrogen) atoms. The second-order valence-electron chi connectivity index (χ2n) is 9.75. The number of hydrogen-bond acceptors (Lipinski definition) is 1. The monoisotopic (exact) mass is 382 g/mol. The summed E-state index contributed by atoms with van der Waals surface area (Å²) in [5, 5.41) is 0. The summed E-state index contributed by atoms with van der Waals surface area (Å²) in [7, 11) is -0.926. The van der Waals surface area contributed by atoms with Crippen LogP contribution in [0.1, 0.15) is 96.8 Å². The minimum atomic E-state index is -0.926. The summed E-state index contributed by atoms with van der Waals surface area (Å²) in [4.78, 5) is 0. The fourth-order valence-corrected chi connectivity index (χ4v) is 10.5. The van der Waals surface area contributed by atoms with Crippen molar-refractivity contribution in [1.29, 1.82) is 0 Å². The van der Waals surface area contributed by atoms with Gasteiger partial charge in [0.05, 0.1) is 8.07 Å². The van der Waals surface area contributed by atoms with Gasteiger partial charge in [-0.05, 0) is 48.1 Å². The molecule has 0 amide bonds. The Kier molecular flexibility index (Phi) is 10.6. The zero-order valence-electron chi connectivity index (χ0n) is 17.7. The molecule has 0 heterocycles. The molecule has 2 saturated carbocycles. The van der Waals surface area contributed by atoms with Crippen molar-refractivity contribution >= 4 is 19.8 Å². The van der Waals surface area contributed by atoms with Gasteiger partial charge in [0, 0.05) is 0 Å². The van der Waals surface area contributed by atoms with E-state index in [1.54, 1.807) is 38.1 Å². The van der Waals surface area contributed by atoms with Gasteiger partial charge in [0.1, 0.15) is 0 Å². The Morgan fingerprint density at radius 1 is 0.760 bits per heavy atom. The number of rotatable bonds is 15. The van der Waals surface area contributed by atoms with Gasteiger partial charge in [-0.25, -0.2) is 0 Å². The van der Waals surface area contributed by atoms with E-state index in [0.717, 1.165) is 11.8 Å². The predicted molar refractivity (Wildman–Crippen MR) is 121 cm³/mol. The molecule has 0 saturated heterocycles. The lowest BCUT2D eigenvalue weighted by atomic mass is 10.0. The van der Waals surface area contributed by atoms with E-state index in [1.165, 1.54) is 74.8 Å². The highest BCUT2D eigenvalue weighted by molar-refractivity contribution is 7.99. The summed E-state index contributed by atoms with van der Waals surface area (Å²) in [5.74, 6) is 4.99. The minimum absolute atomic E-state index is 0.926. The van der Waals surface area contributed by atoms with Crippen molar-refractivity contribution in [3.8, 4) is 0 Å². The molecule has 0 N–H and O–H groups in total. The Bertz CT molecular complexity index is 341. The van der Waals surface area contributed by atoms with Crippen LogP contribution in [-0.2, 0) is 0 Å². The fourth-order valence-electron chi connectivity index (χ4n) is 5.73. The molecular weight excluding hydrogens is 336 g/mol. The highest BCUT2D eigenvalue weighted by Gasteiger charge is 2.46. The lowest BCUT2D eigenvalue weighted by molar-refractivity contribution is 0.466. The Morgan fingerprint density at radius 3 is 1.88 bits per heavy atom. The van der Waals surface area contributed by atoms with Gasteiger partial charge >= 0.3 is 0 Å². The molecule has 2 fully saturated rings. The standard InChI is InChI=1S/C23H46SSi/c1-4-24-17-13-11-9-7-5-6-8-10-12-14-18-25(2,3)23-20-21-15-16-22(23)19-21/h21-23H,4-20H2,1-3H3. The summed E-state index contributed by atoms with van der Waals surface area (Å²) >= 11 is 2.10. The fraction of sp³-hybridized carbons (Fsp3) is 1.00. The lowest BCUT2D eigenvalue weighted by Crippen LogP contribution is -2.35. The molecule has 2 rings (SSSR count). The summed E-state index contributed by atoms with van der Waals surface area (Å²) in [6.45, 7) is 7.71. The molecule has 2 aliphatic carbocycles. The normalized spacial score (nSPS) is 25.8. The maximum atomic E-state index is 2.72. The molecule has 0 aromatic carbocycles. The third kappa shape index (κ3) is 7.99. The van der Waals surface area contributed by atoms with Gasteiger partial charge in [0.25, 0.3) is 0 Å². The molecule has 3 unspecified atom stereocenters. The smallest absolute Gasteiger partial charge is 0.0507 e. The molecule has 2 bridgehead atoms.